The molecule has 0 amide bonds. The fourth-order valence-corrected chi connectivity index (χ4v) is 1.30. The van der Waals surface area contributed by atoms with E-state index in [1.165, 1.54) is 24.3 Å². The summed E-state index contributed by atoms with van der Waals surface area (Å²) in [6, 6.07) is 9.96. The monoisotopic (exact) mass is 275 g/mol. The first-order chi connectivity index (χ1) is 7.99. The van der Waals surface area contributed by atoms with E-state index in [1.807, 2.05) is 0 Å². The second kappa shape index (κ2) is 6.42. The predicted octanol–water partition coefficient (Wildman–Crippen LogP) is 4.54. The van der Waals surface area contributed by atoms with Gasteiger partial charge in [-0.2, -0.15) is 0 Å². The summed E-state index contributed by atoms with van der Waals surface area (Å²) >= 11 is 10.8. The molecule has 0 bridgehead atoms. The average Bonchev–Trinajstić information content (AvgIpc) is 2.24. The summed E-state index contributed by atoms with van der Waals surface area (Å²) in [5.74, 6) is -0.764. The lowest BCUT2D eigenvalue weighted by Crippen LogP contribution is -1.88. The van der Waals surface area contributed by atoms with Crippen LogP contribution in [-0.4, -0.2) is 0 Å². The Balaban J connectivity index is 0.000000171. The van der Waals surface area contributed by atoms with Crippen LogP contribution in [0.15, 0.2) is 42.5 Å². The Morgan fingerprint density at radius 1 is 0.882 bits per heavy atom. The maximum atomic E-state index is 12.4. The van der Waals surface area contributed by atoms with Crippen molar-refractivity contribution in [3.8, 4) is 0 Å². The summed E-state index contributed by atoms with van der Waals surface area (Å²) in [6.07, 6.45) is 0. The van der Waals surface area contributed by atoms with E-state index >= 15 is 0 Å². The van der Waals surface area contributed by atoms with Gasteiger partial charge in [-0.3, -0.25) is 0 Å². The zero-order valence-corrected chi connectivity index (χ0v) is 10.1. The lowest BCUT2D eigenvalue weighted by Gasteiger charge is -1.93. The first-order valence-electron chi connectivity index (χ1n) is 4.60. The van der Waals surface area contributed by atoms with Crippen LogP contribution in [0, 0.1) is 11.6 Å². The van der Waals surface area contributed by atoms with Gasteiger partial charge in [0.25, 0.3) is 0 Å². The van der Waals surface area contributed by atoms with Crippen molar-refractivity contribution in [3.05, 3.63) is 64.1 Å². The molecular weight excluding hydrogens is 267 g/mol. The van der Waals surface area contributed by atoms with Crippen LogP contribution in [0.5, 0.6) is 0 Å². The average molecular weight is 276 g/mol. The van der Waals surface area contributed by atoms with Gasteiger partial charge in [0.05, 0.1) is 5.69 Å². The minimum atomic E-state index is -0.470. The number of nitrogens with two attached hydrogens (primary N) is 1. The number of rotatable bonds is 0. The molecule has 2 aromatic carbocycles. The first kappa shape index (κ1) is 13.7. The van der Waals surface area contributed by atoms with Gasteiger partial charge in [-0.05, 0) is 36.4 Å². The van der Waals surface area contributed by atoms with Crippen molar-refractivity contribution in [2.45, 2.75) is 0 Å². The molecule has 17 heavy (non-hydrogen) atoms. The minimum absolute atomic E-state index is 0.124. The Labute approximate surface area is 108 Å². The quantitative estimate of drug-likeness (QED) is 0.702. The maximum Gasteiger partial charge on any atom is 0.147 e. The van der Waals surface area contributed by atoms with E-state index in [0.29, 0.717) is 10.0 Å². The van der Waals surface area contributed by atoms with Crippen LogP contribution in [0.1, 0.15) is 0 Å². The smallest absolute Gasteiger partial charge is 0.147 e. The molecule has 0 spiro atoms. The SMILES string of the molecule is Fc1cccc(Cl)c1.Nc1ccc(Cl)cc1F. The summed E-state index contributed by atoms with van der Waals surface area (Å²) in [7, 11) is 0. The molecule has 5 heteroatoms. The van der Waals surface area contributed by atoms with Crippen LogP contribution < -0.4 is 5.73 Å². The molecule has 90 valence electrons. The Morgan fingerprint density at radius 2 is 1.53 bits per heavy atom. The van der Waals surface area contributed by atoms with Gasteiger partial charge in [0.1, 0.15) is 11.6 Å². The summed E-state index contributed by atoms with van der Waals surface area (Å²) in [6.45, 7) is 0. The molecule has 0 aliphatic rings. The molecule has 0 aromatic heterocycles. The predicted molar refractivity (Wildman–Crippen MR) is 67.2 cm³/mol. The third-order valence-corrected chi connectivity index (χ3v) is 2.22. The summed E-state index contributed by atoms with van der Waals surface area (Å²) < 4.78 is 24.5. The Morgan fingerprint density at radius 3 is 1.94 bits per heavy atom. The van der Waals surface area contributed by atoms with Gasteiger partial charge in [0.15, 0.2) is 0 Å². The van der Waals surface area contributed by atoms with Gasteiger partial charge in [0, 0.05) is 10.0 Å². The van der Waals surface area contributed by atoms with Gasteiger partial charge in [-0.25, -0.2) is 8.78 Å². The highest BCUT2D eigenvalue weighted by atomic mass is 35.5. The molecule has 0 radical (unpaired) electrons. The van der Waals surface area contributed by atoms with Gasteiger partial charge in [-0.15, -0.1) is 0 Å². The largest absolute Gasteiger partial charge is 0.396 e. The highest BCUT2D eigenvalue weighted by Gasteiger charge is 1.95. The number of benzene rings is 2. The van der Waals surface area contributed by atoms with E-state index in [0.717, 1.165) is 0 Å². The molecule has 0 saturated carbocycles. The van der Waals surface area contributed by atoms with Crippen LogP contribution in [-0.2, 0) is 0 Å². The van der Waals surface area contributed by atoms with Crippen molar-refractivity contribution >= 4 is 28.9 Å². The number of hydrogen-bond donors (Lipinski definition) is 1. The van der Waals surface area contributed by atoms with Gasteiger partial charge in [0.2, 0.25) is 0 Å². The van der Waals surface area contributed by atoms with E-state index in [9.17, 15) is 8.78 Å². The number of anilines is 1. The zero-order valence-electron chi connectivity index (χ0n) is 8.63. The lowest BCUT2D eigenvalue weighted by molar-refractivity contribution is 0.628. The molecular formula is C12H9Cl2F2N. The summed E-state index contributed by atoms with van der Waals surface area (Å²) in [5, 5.41) is 0.798. The van der Waals surface area contributed by atoms with Gasteiger partial charge in [-0.1, -0.05) is 29.3 Å². The molecule has 0 aliphatic heterocycles. The molecule has 2 rings (SSSR count). The van der Waals surface area contributed by atoms with E-state index in [1.54, 1.807) is 18.2 Å². The van der Waals surface area contributed by atoms with Crippen molar-refractivity contribution in [1.29, 1.82) is 0 Å². The molecule has 0 aliphatic carbocycles. The minimum Gasteiger partial charge on any atom is -0.396 e. The second-order valence-corrected chi connectivity index (χ2v) is 3.98. The van der Waals surface area contributed by atoms with Crippen LogP contribution in [0.4, 0.5) is 14.5 Å². The fourth-order valence-electron chi connectivity index (χ4n) is 0.961. The highest BCUT2D eigenvalue weighted by molar-refractivity contribution is 6.30. The third kappa shape index (κ3) is 5.02. The second-order valence-electron chi connectivity index (χ2n) is 3.11. The Bertz CT molecular complexity index is 486. The van der Waals surface area contributed by atoms with Crippen molar-refractivity contribution in [2.75, 3.05) is 5.73 Å². The number of halogens is 4. The molecule has 0 unspecified atom stereocenters. The van der Waals surface area contributed by atoms with E-state index in [-0.39, 0.29) is 11.5 Å². The fraction of sp³-hybridized carbons (Fsp3) is 0. The molecule has 0 saturated heterocycles. The van der Waals surface area contributed by atoms with E-state index < -0.39 is 5.82 Å². The van der Waals surface area contributed by atoms with E-state index in [4.69, 9.17) is 28.9 Å². The number of nitrogen functional groups attached to an aromatic ring is 1. The summed E-state index contributed by atoms with van der Waals surface area (Å²) in [5.41, 5.74) is 5.28. The molecule has 0 heterocycles. The van der Waals surface area contributed by atoms with E-state index in [2.05, 4.69) is 0 Å². The normalized spacial score (nSPS) is 9.41. The van der Waals surface area contributed by atoms with Crippen LogP contribution >= 0.6 is 23.2 Å². The third-order valence-electron chi connectivity index (χ3n) is 1.75. The zero-order chi connectivity index (χ0) is 12.8. The molecule has 0 atom stereocenters. The van der Waals surface area contributed by atoms with Crippen LogP contribution in [0.2, 0.25) is 10.0 Å². The van der Waals surface area contributed by atoms with Gasteiger partial charge < -0.3 is 5.73 Å². The Kier molecular flexibility index (Phi) is 5.19. The first-order valence-corrected chi connectivity index (χ1v) is 5.36. The molecule has 2 aromatic rings. The topological polar surface area (TPSA) is 26.0 Å². The van der Waals surface area contributed by atoms with Crippen molar-refractivity contribution in [3.63, 3.8) is 0 Å². The molecule has 1 nitrogen and oxygen atoms in total. The van der Waals surface area contributed by atoms with Crippen LogP contribution in [0.3, 0.4) is 0 Å². The molecule has 0 fully saturated rings. The number of hydrogen-bond acceptors (Lipinski definition) is 1. The molecule has 2 N–H and O–H groups in total. The standard InChI is InChI=1S/C6H5ClFN.C6H4ClF/c7-4-1-2-6(9)5(8)3-4;7-5-2-1-3-6(8)4-5/h1-3H,9H2;1-4H. The summed E-state index contributed by atoms with van der Waals surface area (Å²) in [4.78, 5) is 0. The maximum absolute atomic E-state index is 12.4. The Hall–Kier alpha value is -1.32. The van der Waals surface area contributed by atoms with Crippen LogP contribution in [0.25, 0.3) is 0 Å². The lowest BCUT2D eigenvalue weighted by atomic mass is 10.3. The van der Waals surface area contributed by atoms with Crippen molar-refractivity contribution in [2.24, 2.45) is 0 Å². The highest BCUT2D eigenvalue weighted by Crippen LogP contribution is 2.15. The van der Waals surface area contributed by atoms with Crippen molar-refractivity contribution < 1.29 is 8.78 Å². The van der Waals surface area contributed by atoms with Crippen molar-refractivity contribution in [1.82, 2.24) is 0 Å². The van der Waals surface area contributed by atoms with Gasteiger partial charge >= 0.3 is 0 Å².